The van der Waals surface area contributed by atoms with Crippen LogP contribution in [0.4, 0.5) is 5.69 Å². The quantitative estimate of drug-likeness (QED) is 0.839. The number of carbonyl (C=O) groups is 1. The molecule has 0 atom stereocenters. The molecule has 4 nitrogen and oxygen atoms in total. The standard InChI is InChI=1S/C17H25N3O/c18-16-8-4-3-7-15(16)17(21)19-13-9-11-20(12-10-13)14-5-1-2-6-14/h3-4,7-8,13-14H,1-2,5-6,9-12,18H2,(H,19,21). The van der Waals surface area contributed by atoms with Crippen LogP contribution in [-0.4, -0.2) is 36.0 Å². The summed E-state index contributed by atoms with van der Waals surface area (Å²) in [5, 5.41) is 3.14. The lowest BCUT2D eigenvalue weighted by atomic mass is 10.0. The predicted octanol–water partition coefficient (Wildman–Crippen LogP) is 2.41. The molecule has 1 saturated heterocycles. The third-order valence-corrected chi connectivity index (χ3v) is 4.91. The Morgan fingerprint density at radius 1 is 1.10 bits per heavy atom. The molecule has 1 amide bonds. The zero-order valence-corrected chi connectivity index (χ0v) is 12.6. The van der Waals surface area contributed by atoms with Crippen molar-refractivity contribution in [2.45, 2.75) is 50.6 Å². The third-order valence-electron chi connectivity index (χ3n) is 4.91. The van der Waals surface area contributed by atoms with Crippen LogP contribution in [0.15, 0.2) is 24.3 Å². The van der Waals surface area contributed by atoms with Gasteiger partial charge >= 0.3 is 0 Å². The van der Waals surface area contributed by atoms with Crippen molar-refractivity contribution < 1.29 is 4.79 Å². The maximum atomic E-state index is 12.3. The molecule has 1 saturated carbocycles. The van der Waals surface area contributed by atoms with Crippen molar-refractivity contribution >= 4 is 11.6 Å². The van der Waals surface area contributed by atoms with E-state index in [1.807, 2.05) is 12.1 Å². The van der Waals surface area contributed by atoms with Gasteiger partial charge in [0.25, 0.3) is 5.91 Å². The first kappa shape index (κ1) is 14.4. The average Bonchev–Trinajstić information content (AvgIpc) is 3.02. The Kier molecular flexibility index (Phi) is 4.44. The van der Waals surface area contributed by atoms with Crippen molar-refractivity contribution in [3.8, 4) is 0 Å². The summed E-state index contributed by atoms with van der Waals surface area (Å²) in [5.74, 6) is -0.0348. The molecular formula is C17H25N3O. The van der Waals surface area contributed by atoms with Gasteiger partial charge in [0.05, 0.1) is 5.56 Å². The fourth-order valence-electron chi connectivity index (χ4n) is 3.65. The smallest absolute Gasteiger partial charge is 0.253 e. The summed E-state index contributed by atoms with van der Waals surface area (Å²) in [5.41, 5.74) is 7.01. The Balaban J connectivity index is 1.51. The molecule has 0 aromatic heterocycles. The average molecular weight is 287 g/mol. The Bertz CT molecular complexity index is 489. The third kappa shape index (κ3) is 3.38. The van der Waals surface area contributed by atoms with Crippen LogP contribution in [0.2, 0.25) is 0 Å². The number of nitrogen functional groups attached to an aromatic ring is 1. The van der Waals surface area contributed by atoms with Crippen molar-refractivity contribution in [3.05, 3.63) is 29.8 Å². The Morgan fingerprint density at radius 3 is 2.43 bits per heavy atom. The lowest BCUT2D eigenvalue weighted by Crippen LogP contribution is -2.47. The number of amides is 1. The Morgan fingerprint density at radius 2 is 1.76 bits per heavy atom. The molecule has 3 N–H and O–H groups in total. The summed E-state index contributed by atoms with van der Waals surface area (Å²) in [4.78, 5) is 14.9. The second-order valence-corrected chi connectivity index (χ2v) is 6.31. The molecule has 1 aliphatic heterocycles. The highest BCUT2D eigenvalue weighted by Crippen LogP contribution is 2.26. The fraction of sp³-hybridized carbons (Fsp3) is 0.588. The van der Waals surface area contributed by atoms with E-state index < -0.39 is 0 Å². The number of hydrogen-bond donors (Lipinski definition) is 2. The summed E-state index contributed by atoms with van der Waals surface area (Å²) in [6.07, 6.45) is 7.59. The number of benzene rings is 1. The van der Waals surface area contributed by atoms with Crippen molar-refractivity contribution in [1.82, 2.24) is 10.2 Å². The summed E-state index contributed by atoms with van der Waals surface area (Å²) in [6.45, 7) is 2.22. The van der Waals surface area contributed by atoms with Gasteiger partial charge in [-0.2, -0.15) is 0 Å². The first-order valence-corrected chi connectivity index (χ1v) is 8.13. The van der Waals surface area contributed by atoms with Crippen molar-refractivity contribution in [2.24, 2.45) is 0 Å². The van der Waals surface area contributed by atoms with E-state index in [4.69, 9.17) is 5.73 Å². The number of para-hydroxylation sites is 1. The lowest BCUT2D eigenvalue weighted by Gasteiger charge is -2.36. The molecule has 21 heavy (non-hydrogen) atoms. The first-order chi connectivity index (χ1) is 10.2. The molecule has 0 spiro atoms. The zero-order chi connectivity index (χ0) is 14.7. The van der Waals surface area contributed by atoms with Crippen LogP contribution in [0.5, 0.6) is 0 Å². The molecule has 1 heterocycles. The summed E-state index contributed by atoms with van der Waals surface area (Å²) < 4.78 is 0. The van der Waals surface area contributed by atoms with E-state index in [2.05, 4.69) is 10.2 Å². The number of likely N-dealkylation sites (tertiary alicyclic amines) is 1. The number of rotatable bonds is 3. The van der Waals surface area contributed by atoms with Gasteiger partial charge in [0.15, 0.2) is 0 Å². The molecule has 0 radical (unpaired) electrons. The van der Waals surface area contributed by atoms with Gasteiger partial charge in [-0.1, -0.05) is 25.0 Å². The van der Waals surface area contributed by atoms with Gasteiger partial charge < -0.3 is 16.0 Å². The van der Waals surface area contributed by atoms with Crippen molar-refractivity contribution in [2.75, 3.05) is 18.8 Å². The van der Waals surface area contributed by atoms with E-state index in [1.54, 1.807) is 12.1 Å². The minimum absolute atomic E-state index is 0.0348. The largest absolute Gasteiger partial charge is 0.398 e. The molecule has 1 aliphatic carbocycles. The molecule has 1 aromatic carbocycles. The molecular weight excluding hydrogens is 262 g/mol. The molecule has 4 heteroatoms. The normalized spacial score (nSPS) is 21.5. The van der Waals surface area contributed by atoms with Crippen molar-refractivity contribution in [3.63, 3.8) is 0 Å². The number of anilines is 1. The number of nitrogens with two attached hydrogens (primary N) is 1. The molecule has 3 rings (SSSR count). The lowest BCUT2D eigenvalue weighted by molar-refractivity contribution is 0.0893. The van der Waals surface area contributed by atoms with Crippen LogP contribution in [0.1, 0.15) is 48.9 Å². The zero-order valence-electron chi connectivity index (χ0n) is 12.6. The minimum atomic E-state index is -0.0348. The second kappa shape index (κ2) is 6.48. The van der Waals surface area contributed by atoms with Gasteiger partial charge in [0.1, 0.15) is 0 Å². The van der Waals surface area contributed by atoms with Gasteiger partial charge in [0, 0.05) is 30.9 Å². The van der Waals surface area contributed by atoms with Crippen LogP contribution in [0, 0.1) is 0 Å². The minimum Gasteiger partial charge on any atom is -0.398 e. The number of nitrogens with zero attached hydrogens (tertiary/aromatic N) is 1. The van der Waals surface area contributed by atoms with Gasteiger partial charge in [0.2, 0.25) is 0 Å². The summed E-state index contributed by atoms with van der Waals surface area (Å²) in [6, 6.07) is 8.36. The topological polar surface area (TPSA) is 58.4 Å². The molecule has 114 valence electrons. The SMILES string of the molecule is Nc1ccccc1C(=O)NC1CCN(C2CCCC2)CC1. The molecule has 2 aliphatic rings. The number of hydrogen-bond acceptors (Lipinski definition) is 3. The van der Waals surface area contributed by atoms with E-state index in [0.29, 0.717) is 11.3 Å². The van der Waals surface area contributed by atoms with Crippen molar-refractivity contribution in [1.29, 1.82) is 0 Å². The number of nitrogens with one attached hydrogen (secondary N) is 1. The molecule has 1 aromatic rings. The maximum Gasteiger partial charge on any atom is 0.253 e. The van der Waals surface area contributed by atoms with Crippen LogP contribution in [0.25, 0.3) is 0 Å². The van der Waals surface area contributed by atoms with Gasteiger partial charge in [-0.25, -0.2) is 0 Å². The van der Waals surface area contributed by atoms with Gasteiger partial charge in [-0.05, 0) is 37.8 Å². The van der Waals surface area contributed by atoms with Gasteiger partial charge in [-0.15, -0.1) is 0 Å². The maximum absolute atomic E-state index is 12.3. The Hall–Kier alpha value is -1.55. The first-order valence-electron chi connectivity index (χ1n) is 8.13. The van der Waals surface area contributed by atoms with Crippen LogP contribution in [-0.2, 0) is 0 Å². The Labute approximate surface area is 126 Å². The van der Waals surface area contributed by atoms with E-state index in [-0.39, 0.29) is 11.9 Å². The van der Waals surface area contributed by atoms with E-state index in [0.717, 1.165) is 32.0 Å². The monoisotopic (exact) mass is 287 g/mol. The second-order valence-electron chi connectivity index (χ2n) is 6.31. The highest BCUT2D eigenvalue weighted by Gasteiger charge is 2.27. The van der Waals surface area contributed by atoms with Crippen LogP contribution in [0.3, 0.4) is 0 Å². The van der Waals surface area contributed by atoms with E-state index in [1.165, 1.54) is 25.7 Å². The van der Waals surface area contributed by atoms with E-state index >= 15 is 0 Å². The van der Waals surface area contributed by atoms with Crippen LogP contribution >= 0.6 is 0 Å². The molecule has 2 fully saturated rings. The summed E-state index contributed by atoms with van der Waals surface area (Å²) >= 11 is 0. The molecule has 0 unspecified atom stereocenters. The molecule has 0 bridgehead atoms. The number of piperidine rings is 1. The highest BCUT2D eigenvalue weighted by molar-refractivity contribution is 5.99. The number of carbonyl (C=O) groups excluding carboxylic acids is 1. The van der Waals surface area contributed by atoms with Crippen LogP contribution < -0.4 is 11.1 Å². The van der Waals surface area contributed by atoms with E-state index in [9.17, 15) is 4.79 Å². The summed E-state index contributed by atoms with van der Waals surface area (Å²) in [7, 11) is 0. The fourth-order valence-corrected chi connectivity index (χ4v) is 3.65. The predicted molar refractivity (Wildman–Crippen MR) is 85.2 cm³/mol. The van der Waals surface area contributed by atoms with Gasteiger partial charge in [-0.3, -0.25) is 4.79 Å². The highest BCUT2D eigenvalue weighted by atomic mass is 16.1.